The molecule has 200 valence electrons. The molecule has 1 aliphatic heterocycles. The zero-order chi connectivity index (χ0) is 27.5. The number of rotatable bonds is 5. The first-order valence-electron chi connectivity index (χ1n) is 11.4. The zero-order valence-corrected chi connectivity index (χ0v) is 20.7. The molecule has 2 aromatic rings. The van der Waals surface area contributed by atoms with E-state index >= 15 is 0 Å². The molecule has 0 radical (unpaired) electrons. The molecule has 1 aliphatic rings. The number of aromatic nitrogens is 1. The van der Waals surface area contributed by atoms with E-state index in [4.69, 9.17) is 9.47 Å². The molecule has 1 N–H and O–H groups in total. The Labute approximate surface area is 210 Å². The SMILES string of the molecule is COC(=O)c1cnc(CNC(=O)C2CC(F)CN2C(=O)OC(C)(C)C)cc1-c1ccc(C(F)(F)F)cc1. The Morgan fingerprint density at radius 1 is 1.14 bits per heavy atom. The van der Waals surface area contributed by atoms with E-state index in [2.05, 4.69) is 10.3 Å². The summed E-state index contributed by atoms with van der Waals surface area (Å²) in [6, 6.07) is 4.55. The van der Waals surface area contributed by atoms with Crippen molar-refractivity contribution in [2.45, 2.75) is 57.7 Å². The van der Waals surface area contributed by atoms with Crippen LogP contribution in [0.1, 0.15) is 48.8 Å². The molecule has 1 fully saturated rings. The third kappa shape index (κ3) is 6.95. The number of amides is 2. The lowest BCUT2D eigenvalue weighted by atomic mass is 9.99. The lowest BCUT2D eigenvalue weighted by Gasteiger charge is -2.27. The van der Waals surface area contributed by atoms with Crippen molar-refractivity contribution < 1.29 is 41.4 Å². The van der Waals surface area contributed by atoms with Gasteiger partial charge in [-0.25, -0.2) is 14.0 Å². The Bertz CT molecular complexity index is 1160. The number of carbonyl (C=O) groups is 3. The van der Waals surface area contributed by atoms with Gasteiger partial charge in [0.05, 0.1) is 37.0 Å². The third-order valence-corrected chi connectivity index (χ3v) is 5.51. The molecule has 37 heavy (non-hydrogen) atoms. The van der Waals surface area contributed by atoms with Gasteiger partial charge in [-0.15, -0.1) is 0 Å². The first-order chi connectivity index (χ1) is 17.2. The van der Waals surface area contributed by atoms with E-state index in [0.717, 1.165) is 24.1 Å². The summed E-state index contributed by atoms with van der Waals surface area (Å²) in [7, 11) is 1.16. The number of benzene rings is 1. The average Bonchev–Trinajstić information content (AvgIpc) is 3.22. The molecule has 1 aromatic carbocycles. The van der Waals surface area contributed by atoms with Crippen LogP contribution in [0.3, 0.4) is 0 Å². The quantitative estimate of drug-likeness (QED) is 0.456. The monoisotopic (exact) mass is 525 g/mol. The zero-order valence-electron chi connectivity index (χ0n) is 20.7. The number of esters is 1. The number of pyridine rings is 1. The largest absolute Gasteiger partial charge is 0.465 e. The van der Waals surface area contributed by atoms with Gasteiger partial charge in [-0.3, -0.25) is 14.7 Å². The van der Waals surface area contributed by atoms with Crippen LogP contribution in [0.4, 0.5) is 22.4 Å². The van der Waals surface area contributed by atoms with Gasteiger partial charge in [0.2, 0.25) is 5.91 Å². The van der Waals surface area contributed by atoms with Crippen LogP contribution in [0.25, 0.3) is 11.1 Å². The van der Waals surface area contributed by atoms with E-state index in [0.29, 0.717) is 5.56 Å². The van der Waals surface area contributed by atoms with Crippen molar-refractivity contribution in [3.8, 4) is 11.1 Å². The molecule has 2 atom stereocenters. The predicted molar refractivity (Wildman–Crippen MR) is 124 cm³/mol. The topological polar surface area (TPSA) is 97.8 Å². The lowest BCUT2D eigenvalue weighted by Crippen LogP contribution is -2.47. The minimum absolute atomic E-state index is 0.0181. The highest BCUT2D eigenvalue weighted by Crippen LogP contribution is 2.32. The van der Waals surface area contributed by atoms with Crippen LogP contribution in [0.5, 0.6) is 0 Å². The standard InChI is InChI=1S/C25H27F4N3O5/c1-24(2,3)37-23(35)32-13-16(26)9-20(32)21(33)31-11-17-10-18(19(12-30-17)22(34)36-4)14-5-7-15(8-6-14)25(27,28)29/h5-8,10,12,16,20H,9,11,13H2,1-4H3,(H,31,33). The summed E-state index contributed by atoms with van der Waals surface area (Å²) in [6.45, 7) is 4.53. The molecular formula is C25H27F4N3O5. The molecule has 2 amide bonds. The summed E-state index contributed by atoms with van der Waals surface area (Å²) >= 11 is 0. The van der Waals surface area contributed by atoms with E-state index < -0.39 is 47.5 Å². The second kappa shape index (κ2) is 10.7. The fraction of sp³-hybridized carbons (Fsp3) is 0.440. The number of nitrogens with one attached hydrogen (secondary N) is 1. The van der Waals surface area contributed by atoms with Gasteiger partial charge >= 0.3 is 18.2 Å². The predicted octanol–water partition coefficient (Wildman–Crippen LogP) is 4.52. The van der Waals surface area contributed by atoms with Crippen LogP contribution in [0.15, 0.2) is 36.5 Å². The van der Waals surface area contributed by atoms with E-state index in [1.165, 1.54) is 24.4 Å². The second-order valence-corrected chi connectivity index (χ2v) is 9.49. The molecule has 1 saturated heterocycles. The fourth-order valence-electron chi connectivity index (χ4n) is 3.80. The molecule has 2 heterocycles. The first kappa shape index (κ1) is 27.9. The number of hydrogen-bond acceptors (Lipinski definition) is 6. The van der Waals surface area contributed by atoms with Crippen LogP contribution in [0, 0.1) is 0 Å². The van der Waals surface area contributed by atoms with Gasteiger partial charge in [0, 0.05) is 12.6 Å². The number of ether oxygens (including phenoxy) is 2. The number of methoxy groups -OCH3 is 1. The van der Waals surface area contributed by atoms with Crippen LogP contribution < -0.4 is 5.32 Å². The molecule has 8 nitrogen and oxygen atoms in total. The lowest BCUT2D eigenvalue weighted by molar-refractivity contribution is -0.137. The number of alkyl halides is 4. The van der Waals surface area contributed by atoms with Gasteiger partial charge in [-0.2, -0.15) is 13.2 Å². The van der Waals surface area contributed by atoms with Crippen molar-refractivity contribution in [2.24, 2.45) is 0 Å². The van der Waals surface area contributed by atoms with Crippen molar-refractivity contribution in [3.63, 3.8) is 0 Å². The van der Waals surface area contributed by atoms with Gasteiger partial charge in [0.1, 0.15) is 17.8 Å². The molecule has 3 rings (SSSR count). The van der Waals surface area contributed by atoms with E-state index in [1.54, 1.807) is 20.8 Å². The summed E-state index contributed by atoms with van der Waals surface area (Å²) in [6.07, 6.45) is -5.73. The van der Waals surface area contributed by atoms with Gasteiger partial charge in [-0.05, 0) is 50.1 Å². The fourth-order valence-corrected chi connectivity index (χ4v) is 3.80. The maximum atomic E-state index is 14.1. The summed E-state index contributed by atoms with van der Waals surface area (Å²) in [5.41, 5.74) is -0.837. The molecule has 2 unspecified atom stereocenters. The Balaban J connectivity index is 1.80. The first-order valence-corrected chi connectivity index (χ1v) is 11.4. The summed E-state index contributed by atoms with van der Waals surface area (Å²) in [5.74, 6) is -1.37. The minimum Gasteiger partial charge on any atom is -0.465 e. The normalized spacial score (nSPS) is 17.9. The molecule has 0 spiro atoms. The van der Waals surface area contributed by atoms with Crippen molar-refractivity contribution >= 4 is 18.0 Å². The van der Waals surface area contributed by atoms with Crippen LogP contribution in [-0.4, -0.2) is 59.3 Å². The number of likely N-dealkylation sites (tertiary alicyclic amines) is 1. The number of hydrogen-bond donors (Lipinski definition) is 1. The van der Waals surface area contributed by atoms with Crippen molar-refractivity contribution in [3.05, 3.63) is 53.3 Å². The summed E-state index contributed by atoms with van der Waals surface area (Å²) < 4.78 is 63.0. The van der Waals surface area contributed by atoms with Gasteiger partial charge in [0.15, 0.2) is 0 Å². The maximum Gasteiger partial charge on any atom is 0.416 e. The molecule has 0 bridgehead atoms. The Morgan fingerprint density at radius 2 is 1.78 bits per heavy atom. The van der Waals surface area contributed by atoms with Crippen LogP contribution in [0.2, 0.25) is 0 Å². The van der Waals surface area contributed by atoms with Gasteiger partial charge < -0.3 is 14.8 Å². The average molecular weight is 525 g/mol. The van der Waals surface area contributed by atoms with Crippen molar-refractivity contribution in [1.82, 2.24) is 15.2 Å². The van der Waals surface area contributed by atoms with Gasteiger partial charge in [-0.1, -0.05) is 12.1 Å². The van der Waals surface area contributed by atoms with E-state index in [9.17, 15) is 31.9 Å². The summed E-state index contributed by atoms with van der Waals surface area (Å²) in [5, 5.41) is 2.60. The third-order valence-electron chi connectivity index (χ3n) is 5.51. The molecular weight excluding hydrogens is 498 g/mol. The summed E-state index contributed by atoms with van der Waals surface area (Å²) in [4.78, 5) is 42.6. The van der Waals surface area contributed by atoms with Crippen molar-refractivity contribution in [1.29, 1.82) is 0 Å². The second-order valence-electron chi connectivity index (χ2n) is 9.49. The maximum absolute atomic E-state index is 14.1. The Kier molecular flexibility index (Phi) is 8.09. The molecule has 12 heteroatoms. The molecule has 1 aromatic heterocycles. The number of halogens is 4. The Morgan fingerprint density at radius 3 is 2.35 bits per heavy atom. The Hall–Kier alpha value is -3.70. The van der Waals surface area contributed by atoms with Gasteiger partial charge in [0.25, 0.3) is 0 Å². The number of carbonyl (C=O) groups excluding carboxylic acids is 3. The molecule has 0 aliphatic carbocycles. The molecule has 0 saturated carbocycles. The highest BCUT2D eigenvalue weighted by atomic mass is 19.4. The van der Waals surface area contributed by atoms with Crippen molar-refractivity contribution in [2.75, 3.05) is 13.7 Å². The number of nitrogens with zero attached hydrogens (tertiary/aromatic N) is 2. The van der Waals surface area contributed by atoms with Crippen LogP contribution >= 0.6 is 0 Å². The van der Waals surface area contributed by atoms with Crippen LogP contribution in [-0.2, 0) is 27.0 Å². The van der Waals surface area contributed by atoms with E-state index in [-0.39, 0.29) is 36.3 Å². The smallest absolute Gasteiger partial charge is 0.416 e. The highest BCUT2D eigenvalue weighted by molar-refractivity contribution is 5.97. The minimum atomic E-state index is -4.52. The highest BCUT2D eigenvalue weighted by Gasteiger charge is 2.41. The van der Waals surface area contributed by atoms with E-state index in [1.807, 2.05) is 0 Å².